The minimum atomic E-state index is -0.464. The van der Waals surface area contributed by atoms with Crippen molar-refractivity contribution in [2.45, 2.75) is 32.2 Å². The number of hydrogen-bond acceptors (Lipinski definition) is 2. The van der Waals surface area contributed by atoms with Crippen molar-refractivity contribution in [2.24, 2.45) is 5.92 Å². The Labute approximate surface area is 222 Å². The standard InChI is InChI=1S/C28H27Br2FN2O2/c1-18-3-12-24(16-26(18)31)33-17-21(15-27(33)34)28(35)32(2)25(13-19-4-8-22(29)9-5-19)14-20-6-10-23(30)11-7-20/h3-12,16,21,25H,13-15,17H2,1-2H3. The second-order valence-electron chi connectivity index (χ2n) is 9.10. The number of hydrogen-bond donors (Lipinski definition) is 0. The summed E-state index contributed by atoms with van der Waals surface area (Å²) >= 11 is 6.96. The zero-order chi connectivity index (χ0) is 25.1. The largest absolute Gasteiger partial charge is 0.342 e. The molecule has 0 saturated carbocycles. The van der Waals surface area contributed by atoms with E-state index in [2.05, 4.69) is 56.1 Å². The molecule has 3 aromatic carbocycles. The van der Waals surface area contributed by atoms with E-state index in [1.54, 1.807) is 24.0 Å². The molecule has 1 heterocycles. The van der Waals surface area contributed by atoms with E-state index in [0.717, 1.165) is 20.1 Å². The van der Waals surface area contributed by atoms with Gasteiger partial charge in [-0.05, 0) is 72.9 Å². The fraction of sp³-hybridized carbons (Fsp3) is 0.286. The molecule has 4 rings (SSSR count). The summed E-state index contributed by atoms with van der Waals surface area (Å²) in [4.78, 5) is 29.6. The van der Waals surface area contributed by atoms with Crippen LogP contribution in [0.4, 0.5) is 10.1 Å². The summed E-state index contributed by atoms with van der Waals surface area (Å²) in [6, 6.07) is 20.9. The number of amides is 2. The molecule has 1 aliphatic rings. The number of benzene rings is 3. The normalized spacial score (nSPS) is 15.7. The Balaban J connectivity index is 1.53. The summed E-state index contributed by atoms with van der Waals surface area (Å²) in [6.07, 6.45) is 1.51. The first-order chi connectivity index (χ1) is 16.7. The first-order valence-corrected chi connectivity index (χ1v) is 13.1. The van der Waals surface area contributed by atoms with Crippen molar-refractivity contribution in [3.8, 4) is 0 Å². The molecule has 0 aliphatic carbocycles. The maximum atomic E-state index is 14.1. The van der Waals surface area contributed by atoms with Crippen LogP contribution >= 0.6 is 31.9 Å². The lowest BCUT2D eigenvalue weighted by Crippen LogP contribution is -2.43. The molecule has 0 bridgehead atoms. The Kier molecular flexibility index (Phi) is 8.07. The van der Waals surface area contributed by atoms with Gasteiger partial charge >= 0.3 is 0 Å². The molecule has 1 aliphatic heterocycles. The van der Waals surface area contributed by atoms with Crippen molar-refractivity contribution in [1.82, 2.24) is 4.90 Å². The molecule has 0 spiro atoms. The van der Waals surface area contributed by atoms with E-state index in [9.17, 15) is 14.0 Å². The highest BCUT2D eigenvalue weighted by Gasteiger charge is 2.38. The van der Waals surface area contributed by atoms with Gasteiger partial charge in [-0.3, -0.25) is 9.59 Å². The van der Waals surface area contributed by atoms with Crippen LogP contribution in [0.3, 0.4) is 0 Å². The van der Waals surface area contributed by atoms with Gasteiger partial charge in [-0.1, -0.05) is 62.2 Å². The molecule has 1 fully saturated rings. The van der Waals surface area contributed by atoms with Crippen molar-refractivity contribution in [3.05, 3.63) is 98.2 Å². The Bertz CT molecular complexity index is 1170. The van der Waals surface area contributed by atoms with Crippen molar-refractivity contribution in [1.29, 1.82) is 0 Å². The maximum absolute atomic E-state index is 14.1. The van der Waals surface area contributed by atoms with E-state index in [4.69, 9.17) is 0 Å². The fourth-order valence-electron chi connectivity index (χ4n) is 4.47. The lowest BCUT2D eigenvalue weighted by molar-refractivity contribution is -0.136. The molecule has 182 valence electrons. The van der Waals surface area contributed by atoms with Crippen LogP contribution in [0.25, 0.3) is 0 Å². The molecular weight excluding hydrogens is 575 g/mol. The van der Waals surface area contributed by atoms with Crippen molar-refractivity contribution < 1.29 is 14.0 Å². The monoisotopic (exact) mass is 600 g/mol. The molecule has 2 amide bonds. The molecule has 1 atom stereocenters. The van der Waals surface area contributed by atoms with Crippen LogP contribution in [0.5, 0.6) is 0 Å². The number of likely N-dealkylation sites (N-methyl/N-ethyl adjacent to an activating group) is 1. The third kappa shape index (κ3) is 6.19. The van der Waals surface area contributed by atoms with Gasteiger partial charge < -0.3 is 9.80 Å². The Morgan fingerprint density at radius 2 is 1.54 bits per heavy atom. The Morgan fingerprint density at radius 1 is 1.00 bits per heavy atom. The molecule has 1 saturated heterocycles. The van der Waals surface area contributed by atoms with Gasteiger partial charge in [-0.25, -0.2) is 4.39 Å². The number of rotatable bonds is 7. The van der Waals surface area contributed by atoms with Crippen LogP contribution in [0, 0.1) is 18.7 Å². The molecule has 4 nitrogen and oxygen atoms in total. The van der Waals surface area contributed by atoms with Crippen LogP contribution in [0.1, 0.15) is 23.1 Å². The van der Waals surface area contributed by atoms with Crippen LogP contribution in [-0.2, 0) is 22.4 Å². The third-order valence-corrected chi connectivity index (χ3v) is 7.66. The number of anilines is 1. The van der Waals surface area contributed by atoms with Gasteiger partial charge in [0.2, 0.25) is 11.8 Å². The zero-order valence-electron chi connectivity index (χ0n) is 19.7. The van der Waals surface area contributed by atoms with E-state index in [-0.39, 0.29) is 36.6 Å². The van der Waals surface area contributed by atoms with Crippen LogP contribution in [0.2, 0.25) is 0 Å². The smallest absolute Gasteiger partial charge is 0.228 e. The molecule has 0 radical (unpaired) electrons. The van der Waals surface area contributed by atoms with E-state index >= 15 is 0 Å². The van der Waals surface area contributed by atoms with Crippen molar-refractivity contribution in [2.75, 3.05) is 18.5 Å². The van der Waals surface area contributed by atoms with E-state index < -0.39 is 5.92 Å². The van der Waals surface area contributed by atoms with Gasteiger partial charge in [0.05, 0.1) is 5.92 Å². The predicted molar refractivity (Wildman–Crippen MR) is 144 cm³/mol. The summed E-state index contributed by atoms with van der Waals surface area (Å²) < 4.78 is 16.1. The number of carbonyl (C=O) groups is 2. The predicted octanol–water partition coefficient (Wildman–Crippen LogP) is 6.32. The van der Waals surface area contributed by atoms with Crippen molar-refractivity contribution in [3.63, 3.8) is 0 Å². The average molecular weight is 602 g/mol. The molecule has 3 aromatic rings. The Hall–Kier alpha value is -2.51. The molecular formula is C28H27Br2FN2O2. The van der Waals surface area contributed by atoms with Gasteiger partial charge in [-0.2, -0.15) is 0 Å². The SMILES string of the molecule is Cc1ccc(N2CC(C(=O)N(C)C(Cc3ccc(Br)cc3)Cc3ccc(Br)cc3)CC2=O)cc1F. The molecule has 0 aromatic heterocycles. The minimum absolute atomic E-state index is 0.0624. The molecule has 1 unspecified atom stereocenters. The topological polar surface area (TPSA) is 40.6 Å². The van der Waals surface area contributed by atoms with Crippen LogP contribution < -0.4 is 4.90 Å². The van der Waals surface area contributed by atoms with Gasteiger partial charge in [0, 0.05) is 40.7 Å². The molecule has 35 heavy (non-hydrogen) atoms. The number of carbonyl (C=O) groups excluding carboxylic acids is 2. The number of halogens is 3. The average Bonchev–Trinajstić information content (AvgIpc) is 3.23. The zero-order valence-corrected chi connectivity index (χ0v) is 22.9. The third-order valence-electron chi connectivity index (χ3n) is 6.61. The summed E-state index contributed by atoms with van der Waals surface area (Å²) in [6.45, 7) is 1.94. The summed E-state index contributed by atoms with van der Waals surface area (Å²) in [7, 11) is 1.82. The van der Waals surface area contributed by atoms with Gasteiger partial charge in [0.1, 0.15) is 5.82 Å². The quantitative estimate of drug-likeness (QED) is 0.318. The maximum Gasteiger partial charge on any atom is 0.228 e. The second-order valence-corrected chi connectivity index (χ2v) is 10.9. The lowest BCUT2D eigenvalue weighted by atomic mass is 9.96. The highest BCUT2D eigenvalue weighted by atomic mass is 79.9. The second kappa shape index (κ2) is 11.0. The highest BCUT2D eigenvalue weighted by Crippen LogP contribution is 2.29. The number of aryl methyl sites for hydroxylation is 1. The first kappa shape index (κ1) is 25.6. The van der Waals surface area contributed by atoms with Crippen LogP contribution in [-0.4, -0.2) is 36.3 Å². The minimum Gasteiger partial charge on any atom is -0.342 e. The van der Waals surface area contributed by atoms with Gasteiger partial charge in [0.15, 0.2) is 0 Å². The number of nitrogens with zero attached hydrogens (tertiary/aromatic N) is 2. The molecule has 0 N–H and O–H groups in total. The Morgan fingerprint density at radius 3 is 2.06 bits per heavy atom. The van der Waals surface area contributed by atoms with Crippen LogP contribution in [0.15, 0.2) is 75.7 Å². The summed E-state index contributed by atoms with van der Waals surface area (Å²) in [5.74, 6) is -1.04. The molecule has 7 heteroatoms. The van der Waals surface area contributed by atoms with E-state index in [1.165, 1.54) is 11.0 Å². The lowest BCUT2D eigenvalue weighted by Gasteiger charge is -2.31. The van der Waals surface area contributed by atoms with Crippen molar-refractivity contribution >= 4 is 49.4 Å². The fourth-order valence-corrected chi connectivity index (χ4v) is 5.00. The summed E-state index contributed by atoms with van der Waals surface area (Å²) in [5.41, 5.74) is 3.29. The van der Waals surface area contributed by atoms with E-state index in [1.807, 2.05) is 31.3 Å². The highest BCUT2D eigenvalue weighted by molar-refractivity contribution is 9.10. The van der Waals surface area contributed by atoms with E-state index in [0.29, 0.717) is 24.1 Å². The first-order valence-electron chi connectivity index (χ1n) is 11.5. The summed E-state index contributed by atoms with van der Waals surface area (Å²) in [5, 5.41) is 0. The van der Waals surface area contributed by atoms with Gasteiger partial charge in [-0.15, -0.1) is 0 Å². The van der Waals surface area contributed by atoms with Gasteiger partial charge in [0.25, 0.3) is 0 Å².